The number of ketones is 1. The molecule has 1 aromatic carbocycles. The van der Waals surface area contributed by atoms with Crippen molar-refractivity contribution in [2.75, 3.05) is 0 Å². The number of hydrogen-bond acceptors (Lipinski definition) is 2. The Balaban J connectivity index is 2.07. The van der Waals surface area contributed by atoms with Gasteiger partial charge in [-0.1, -0.05) is 24.6 Å². The van der Waals surface area contributed by atoms with Gasteiger partial charge < -0.3 is 4.57 Å². The third kappa shape index (κ3) is 3.45. The third-order valence-corrected chi connectivity index (χ3v) is 3.41. The van der Waals surface area contributed by atoms with Gasteiger partial charge in [0.15, 0.2) is 0 Å². The van der Waals surface area contributed by atoms with Crippen LogP contribution in [0, 0.1) is 5.82 Å². The molecule has 0 spiro atoms. The second-order valence-corrected chi connectivity index (χ2v) is 5.04. The Morgan fingerprint density at radius 2 is 2.20 bits per heavy atom. The average molecular weight is 295 g/mol. The summed E-state index contributed by atoms with van der Waals surface area (Å²) in [5.41, 5.74) is 0.257. The van der Waals surface area contributed by atoms with Crippen LogP contribution in [0.25, 0.3) is 0 Å². The van der Waals surface area contributed by atoms with Gasteiger partial charge in [-0.15, -0.1) is 0 Å². The zero-order valence-electron chi connectivity index (χ0n) is 11.3. The predicted molar refractivity (Wildman–Crippen MR) is 76.3 cm³/mol. The van der Waals surface area contributed by atoms with E-state index in [2.05, 4.69) is 11.9 Å². The minimum Gasteiger partial charge on any atom is -0.335 e. The Morgan fingerprint density at radius 1 is 1.40 bits per heavy atom. The van der Waals surface area contributed by atoms with Gasteiger partial charge in [0.1, 0.15) is 17.4 Å². The summed E-state index contributed by atoms with van der Waals surface area (Å²) in [6.07, 6.45) is 4.68. The maximum atomic E-state index is 13.6. The van der Waals surface area contributed by atoms with Crippen molar-refractivity contribution in [3.63, 3.8) is 0 Å². The highest BCUT2D eigenvalue weighted by Crippen LogP contribution is 2.20. The Kier molecular flexibility index (Phi) is 4.90. The lowest BCUT2D eigenvalue weighted by molar-refractivity contribution is -0.118. The van der Waals surface area contributed by atoms with Gasteiger partial charge in [-0.3, -0.25) is 4.79 Å². The first-order valence-corrected chi connectivity index (χ1v) is 6.94. The summed E-state index contributed by atoms with van der Waals surface area (Å²) < 4.78 is 15.6. The molecule has 5 heteroatoms. The van der Waals surface area contributed by atoms with E-state index in [-0.39, 0.29) is 29.2 Å². The summed E-state index contributed by atoms with van der Waals surface area (Å²) in [5, 5.41) is 0.287. The largest absolute Gasteiger partial charge is 0.335 e. The highest BCUT2D eigenvalue weighted by Gasteiger charge is 2.14. The van der Waals surface area contributed by atoms with Crippen molar-refractivity contribution in [1.29, 1.82) is 0 Å². The van der Waals surface area contributed by atoms with Crippen LogP contribution < -0.4 is 0 Å². The van der Waals surface area contributed by atoms with Crippen molar-refractivity contribution < 1.29 is 9.18 Å². The highest BCUT2D eigenvalue weighted by atomic mass is 35.5. The summed E-state index contributed by atoms with van der Waals surface area (Å²) in [5.74, 6) is 0.174. The van der Waals surface area contributed by atoms with Crippen LogP contribution in [0.15, 0.2) is 30.6 Å². The monoisotopic (exact) mass is 294 g/mol. The lowest BCUT2D eigenvalue weighted by atomic mass is 10.1. The number of benzene rings is 1. The molecule has 0 aliphatic heterocycles. The molecule has 20 heavy (non-hydrogen) atoms. The Morgan fingerprint density at radius 3 is 2.90 bits per heavy atom. The quantitative estimate of drug-likeness (QED) is 0.818. The normalized spacial score (nSPS) is 10.8. The Hall–Kier alpha value is -1.68. The molecule has 0 fully saturated rings. The number of hydrogen-bond donors (Lipinski definition) is 0. The predicted octanol–water partition coefficient (Wildman–Crippen LogP) is 3.44. The van der Waals surface area contributed by atoms with Crippen molar-refractivity contribution in [3.8, 4) is 0 Å². The van der Waals surface area contributed by atoms with Gasteiger partial charge in [-0.05, 0) is 18.6 Å². The summed E-state index contributed by atoms with van der Waals surface area (Å²) in [6.45, 7) is 2.88. The molecule has 0 radical (unpaired) electrons. The number of rotatable bonds is 6. The van der Waals surface area contributed by atoms with Crippen LogP contribution in [0.4, 0.5) is 4.39 Å². The zero-order chi connectivity index (χ0) is 14.5. The van der Waals surface area contributed by atoms with E-state index in [4.69, 9.17) is 11.6 Å². The average Bonchev–Trinajstić information content (AvgIpc) is 2.82. The number of aromatic nitrogens is 2. The van der Waals surface area contributed by atoms with Crippen LogP contribution in [-0.4, -0.2) is 15.3 Å². The number of halogens is 2. The molecule has 0 aliphatic carbocycles. The molecule has 1 aromatic heterocycles. The number of Topliss-reactive ketones (excluding diaryl/α,β-unsaturated/α-hetero) is 1. The van der Waals surface area contributed by atoms with Gasteiger partial charge in [0, 0.05) is 35.9 Å². The van der Waals surface area contributed by atoms with Crippen LogP contribution in [0.3, 0.4) is 0 Å². The lowest BCUT2D eigenvalue weighted by Crippen LogP contribution is -2.13. The second-order valence-electron chi connectivity index (χ2n) is 4.63. The number of aryl methyl sites for hydroxylation is 1. The summed E-state index contributed by atoms with van der Waals surface area (Å²) in [4.78, 5) is 16.2. The molecule has 0 bridgehead atoms. The first kappa shape index (κ1) is 14.7. The molecule has 0 unspecified atom stereocenters. The number of carbonyl (C=O) groups excluding carboxylic acids is 1. The standard InChI is InChI=1S/C15H16ClFN2O/c1-2-7-19-8-6-18-15(19)10-11(20)9-12-13(16)4-3-5-14(12)17/h3-6,8H,2,7,9-10H2,1H3. The van der Waals surface area contributed by atoms with Crippen LogP contribution in [0.2, 0.25) is 5.02 Å². The smallest absolute Gasteiger partial charge is 0.144 e. The van der Waals surface area contributed by atoms with Crippen molar-refractivity contribution in [2.45, 2.75) is 32.7 Å². The molecule has 0 atom stereocenters. The molecule has 1 heterocycles. The Bertz CT molecular complexity index is 589. The molecule has 3 nitrogen and oxygen atoms in total. The first-order valence-electron chi connectivity index (χ1n) is 6.56. The molecule has 0 amide bonds. The lowest BCUT2D eigenvalue weighted by Gasteiger charge is -2.07. The third-order valence-electron chi connectivity index (χ3n) is 3.06. The van der Waals surface area contributed by atoms with E-state index in [0.29, 0.717) is 5.82 Å². The van der Waals surface area contributed by atoms with Gasteiger partial charge in [0.25, 0.3) is 0 Å². The molecule has 2 aromatic rings. The Labute approximate surface area is 122 Å². The molecular weight excluding hydrogens is 279 g/mol. The van der Waals surface area contributed by atoms with Gasteiger partial charge in [-0.25, -0.2) is 9.37 Å². The molecular formula is C15H16ClFN2O. The van der Waals surface area contributed by atoms with Gasteiger partial charge in [0.05, 0.1) is 6.42 Å². The first-order chi connectivity index (χ1) is 9.61. The molecule has 2 rings (SSSR count). The van der Waals surface area contributed by atoms with E-state index >= 15 is 0 Å². The number of imidazole rings is 1. The number of carbonyl (C=O) groups is 1. The van der Waals surface area contributed by atoms with Gasteiger partial charge >= 0.3 is 0 Å². The maximum Gasteiger partial charge on any atom is 0.144 e. The van der Waals surface area contributed by atoms with E-state index in [9.17, 15) is 9.18 Å². The van der Waals surface area contributed by atoms with Gasteiger partial charge in [-0.2, -0.15) is 0 Å². The van der Waals surface area contributed by atoms with Crippen LogP contribution in [-0.2, 0) is 24.2 Å². The van der Waals surface area contributed by atoms with Crippen molar-refractivity contribution >= 4 is 17.4 Å². The van der Waals surface area contributed by atoms with Crippen molar-refractivity contribution in [2.24, 2.45) is 0 Å². The maximum absolute atomic E-state index is 13.6. The van der Waals surface area contributed by atoms with E-state index in [1.54, 1.807) is 12.3 Å². The van der Waals surface area contributed by atoms with Crippen LogP contribution in [0.5, 0.6) is 0 Å². The van der Waals surface area contributed by atoms with E-state index in [1.165, 1.54) is 12.1 Å². The summed E-state index contributed by atoms with van der Waals surface area (Å²) in [7, 11) is 0. The fourth-order valence-corrected chi connectivity index (χ4v) is 2.32. The summed E-state index contributed by atoms with van der Waals surface area (Å²) >= 11 is 5.92. The molecule has 0 saturated heterocycles. The zero-order valence-corrected chi connectivity index (χ0v) is 12.0. The topological polar surface area (TPSA) is 34.9 Å². The van der Waals surface area contributed by atoms with Crippen LogP contribution >= 0.6 is 11.6 Å². The van der Waals surface area contributed by atoms with E-state index < -0.39 is 5.82 Å². The second kappa shape index (κ2) is 6.66. The molecule has 0 saturated carbocycles. The fraction of sp³-hybridized carbons (Fsp3) is 0.333. The minimum absolute atomic E-state index is 0.00943. The molecule has 0 N–H and O–H groups in total. The molecule has 0 aliphatic rings. The van der Waals surface area contributed by atoms with Crippen molar-refractivity contribution in [3.05, 3.63) is 52.8 Å². The molecule has 106 valence electrons. The summed E-state index contributed by atoms with van der Waals surface area (Å²) in [6, 6.07) is 4.43. The minimum atomic E-state index is -0.442. The fourth-order valence-electron chi connectivity index (χ4n) is 2.09. The number of nitrogens with zero attached hydrogens (tertiary/aromatic N) is 2. The van der Waals surface area contributed by atoms with E-state index in [1.807, 2.05) is 10.8 Å². The van der Waals surface area contributed by atoms with Gasteiger partial charge in [0.2, 0.25) is 0 Å². The SMILES string of the molecule is CCCn1ccnc1CC(=O)Cc1c(F)cccc1Cl. The van der Waals surface area contributed by atoms with Crippen molar-refractivity contribution in [1.82, 2.24) is 9.55 Å². The van der Waals surface area contributed by atoms with Crippen LogP contribution in [0.1, 0.15) is 24.7 Å². The van der Waals surface area contributed by atoms with E-state index in [0.717, 1.165) is 13.0 Å². The highest BCUT2D eigenvalue weighted by molar-refractivity contribution is 6.31.